The Morgan fingerprint density at radius 3 is 2.43 bits per heavy atom. The van der Waals surface area contributed by atoms with Gasteiger partial charge in [0.15, 0.2) is 13.2 Å². The van der Waals surface area contributed by atoms with Crippen molar-refractivity contribution in [2.45, 2.75) is 6.92 Å². The first-order valence-electron chi connectivity index (χ1n) is 9.94. The molecule has 1 aliphatic heterocycles. The predicted molar refractivity (Wildman–Crippen MR) is 117 cm³/mol. The Bertz CT molecular complexity index is 852. The minimum atomic E-state index is -0.633. The second-order valence-corrected chi connectivity index (χ2v) is 7.36. The predicted octanol–water partition coefficient (Wildman–Crippen LogP) is 3.04. The maximum atomic E-state index is 12.0. The number of benzene rings is 2. The van der Waals surface area contributed by atoms with E-state index in [1.807, 2.05) is 24.3 Å². The number of esters is 1. The molecule has 3 rings (SSSR count). The molecule has 0 saturated carbocycles. The summed E-state index contributed by atoms with van der Waals surface area (Å²) in [6, 6.07) is 14.4. The third kappa shape index (κ3) is 6.64. The maximum absolute atomic E-state index is 12.0. The van der Waals surface area contributed by atoms with E-state index in [9.17, 15) is 9.59 Å². The molecule has 30 heavy (non-hydrogen) atoms. The van der Waals surface area contributed by atoms with Crippen molar-refractivity contribution in [1.82, 2.24) is 4.90 Å². The van der Waals surface area contributed by atoms with Crippen LogP contribution < -0.4 is 15.0 Å². The smallest absolute Gasteiger partial charge is 0.344 e. The summed E-state index contributed by atoms with van der Waals surface area (Å²) in [7, 11) is 0. The number of nitrogens with one attached hydrogen (secondary N) is 1. The number of likely N-dealkylation sites (N-methyl/N-ethyl adjacent to an activating group) is 1. The van der Waals surface area contributed by atoms with Crippen molar-refractivity contribution < 1.29 is 19.1 Å². The van der Waals surface area contributed by atoms with Crippen LogP contribution in [0.2, 0.25) is 5.02 Å². The fraction of sp³-hybridized carbons (Fsp3) is 0.364. The highest BCUT2D eigenvalue weighted by atomic mass is 35.5. The lowest BCUT2D eigenvalue weighted by Crippen LogP contribution is -2.46. The Hall–Kier alpha value is -2.77. The van der Waals surface area contributed by atoms with Crippen LogP contribution in [0.4, 0.5) is 11.4 Å². The molecule has 1 saturated heterocycles. The summed E-state index contributed by atoms with van der Waals surface area (Å²) < 4.78 is 10.2. The van der Waals surface area contributed by atoms with Gasteiger partial charge in [0.25, 0.3) is 5.91 Å². The van der Waals surface area contributed by atoms with Crippen LogP contribution in [-0.4, -0.2) is 62.7 Å². The summed E-state index contributed by atoms with van der Waals surface area (Å²) in [6.45, 7) is 6.68. The summed E-state index contributed by atoms with van der Waals surface area (Å²) in [6.07, 6.45) is 0. The Morgan fingerprint density at radius 1 is 1.03 bits per heavy atom. The molecular weight excluding hydrogens is 406 g/mol. The second-order valence-electron chi connectivity index (χ2n) is 6.92. The van der Waals surface area contributed by atoms with Gasteiger partial charge < -0.3 is 24.6 Å². The molecule has 1 heterocycles. The number of halogens is 1. The van der Waals surface area contributed by atoms with Crippen molar-refractivity contribution in [3.63, 3.8) is 0 Å². The molecule has 2 aromatic rings. The number of rotatable bonds is 8. The van der Waals surface area contributed by atoms with E-state index >= 15 is 0 Å². The van der Waals surface area contributed by atoms with Crippen molar-refractivity contribution in [2.24, 2.45) is 0 Å². The standard InChI is InChI=1S/C22H26ClN3O4/c1-2-25-10-12-26(13-11-25)19-8-6-18(7-9-19)24-21(27)15-30-22(28)16-29-20-5-3-4-17(23)14-20/h3-9,14H,2,10-13,15-16H2,1H3,(H,24,27). The van der Waals surface area contributed by atoms with E-state index in [-0.39, 0.29) is 13.2 Å². The number of amides is 1. The van der Waals surface area contributed by atoms with E-state index in [2.05, 4.69) is 22.0 Å². The van der Waals surface area contributed by atoms with Crippen molar-refractivity contribution in [3.05, 3.63) is 53.6 Å². The van der Waals surface area contributed by atoms with Crippen molar-refractivity contribution in [1.29, 1.82) is 0 Å². The average Bonchev–Trinajstić information content (AvgIpc) is 2.77. The van der Waals surface area contributed by atoms with Gasteiger partial charge in [-0.1, -0.05) is 24.6 Å². The van der Waals surface area contributed by atoms with E-state index in [0.29, 0.717) is 16.5 Å². The van der Waals surface area contributed by atoms with Gasteiger partial charge >= 0.3 is 5.97 Å². The minimum Gasteiger partial charge on any atom is -0.482 e. The molecule has 0 atom stereocenters. The zero-order valence-electron chi connectivity index (χ0n) is 17.0. The van der Waals surface area contributed by atoms with Gasteiger partial charge in [0, 0.05) is 42.6 Å². The fourth-order valence-electron chi connectivity index (χ4n) is 3.16. The largest absolute Gasteiger partial charge is 0.482 e. The van der Waals surface area contributed by atoms with Gasteiger partial charge in [-0.3, -0.25) is 4.79 Å². The topological polar surface area (TPSA) is 71.1 Å². The zero-order chi connectivity index (χ0) is 21.3. The van der Waals surface area contributed by atoms with Crippen molar-refractivity contribution >= 4 is 34.9 Å². The molecule has 0 bridgehead atoms. The molecule has 1 fully saturated rings. The van der Waals surface area contributed by atoms with Crippen LogP contribution in [0, 0.1) is 0 Å². The molecular formula is C22H26ClN3O4. The number of carbonyl (C=O) groups excluding carboxylic acids is 2. The van der Waals surface area contributed by atoms with Gasteiger partial charge in [-0.25, -0.2) is 4.79 Å². The highest BCUT2D eigenvalue weighted by Crippen LogP contribution is 2.20. The number of ether oxygens (including phenoxy) is 2. The molecule has 7 nitrogen and oxygen atoms in total. The number of piperazine rings is 1. The SMILES string of the molecule is CCN1CCN(c2ccc(NC(=O)COC(=O)COc3cccc(Cl)c3)cc2)CC1. The summed E-state index contributed by atoms with van der Waals surface area (Å²) in [5, 5.41) is 3.23. The zero-order valence-corrected chi connectivity index (χ0v) is 17.7. The molecule has 0 unspecified atom stereocenters. The summed E-state index contributed by atoms with van der Waals surface area (Å²) in [5.41, 5.74) is 1.79. The van der Waals surface area contributed by atoms with Gasteiger partial charge in [0.2, 0.25) is 0 Å². The molecule has 1 aliphatic rings. The van der Waals surface area contributed by atoms with E-state index in [0.717, 1.165) is 38.4 Å². The maximum Gasteiger partial charge on any atom is 0.344 e. The first-order valence-corrected chi connectivity index (χ1v) is 10.3. The molecule has 1 amide bonds. The average molecular weight is 432 g/mol. The van der Waals surface area contributed by atoms with Gasteiger partial charge in [0.05, 0.1) is 0 Å². The Labute approximate surface area is 181 Å². The number of anilines is 2. The van der Waals surface area contributed by atoms with Crippen LogP contribution in [0.25, 0.3) is 0 Å². The lowest BCUT2D eigenvalue weighted by molar-refractivity contribution is -0.149. The van der Waals surface area contributed by atoms with Crippen LogP contribution in [0.3, 0.4) is 0 Å². The fourth-order valence-corrected chi connectivity index (χ4v) is 3.34. The third-order valence-electron chi connectivity index (χ3n) is 4.85. The second kappa shape index (κ2) is 10.8. The molecule has 160 valence electrons. The Kier molecular flexibility index (Phi) is 7.93. The first-order chi connectivity index (χ1) is 14.5. The van der Waals surface area contributed by atoms with E-state index in [1.54, 1.807) is 24.3 Å². The quantitative estimate of drug-likeness (QED) is 0.648. The number of nitrogens with zero attached hydrogens (tertiary/aromatic N) is 2. The lowest BCUT2D eigenvalue weighted by Gasteiger charge is -2.35. The van der Waals surface area contributed by atoms with Crippen LogP contribution in [-0.2, 0) is 14.3 Å². The van der Waals surface area contributed by atoms with E-state index in [4.69, 9.17) is 21.1 Å². The highest BCUT2D eigenvalue weighted by Gasteiger charge is 2.16. The Morgan fingerprint density at radius 2 is 1.77 bits per heavy atom. The molecule has 8 heteroatoms. The minimum absolute atomic E-state index is 0.298. The van der Waals surface area contributed by atoms with Gasteiger partial charge in [-0.15, -0.1) is 0 Å². The highest BCUT2D eigenvalue weighted by molar-refractivity contribution is 6.30. The molecule has 0 aromatic heterocycles. The number of hydrogen-bond acceptors (Lipinski definition) is 6. The normalized spacial score (nSPS) is 14.3. The van der Waals surface area contributed by atoms with Gasteiger partial charge in [-0.2, -0.15) is 0 Å². The van der Waals surface area contributed by atoms with E-state index in [1.165, 1.54) is 0 Å². The number of carbonyl (C=O) groups is 2. The Balaban J connectivity index is 1.38. The van der Waals surface area contributed by atoms with Gasteiger partial charge in [-0.05, 0) is 49.0 Å². The monoisotopic (exact) mass is 431 g/mol. The molecule has 1 N–H and O–H groups in total. The van der Waals surface area contributed by atoms with Crippen LogP contribution in [0.5, 0.6) is 5.75 Å². The van der Waals surface area contributed by atoms with E-state index < -0.39 is 11.9 Å². The summed E-state index contributed by atoms with van der Waals surface area (Å²) >= 11 is 5.85. The molecule has 2 aromatic carbocycles. The summed E-state index contributed by atoms with van der Waals surface area (Å²) in [4.78, 5) is 28.5. The van der Waals surface area contributed by atoms with Gasteiger partial charge in [0.1, 0.15) is 5.75 Å². The lowest BCUT2D eigenvalue weighted by atomic mass is 10.2. The van der Waals surface area contributed by atoms with Crippen molar-refractivity contribution in [3.8, 4) is 5.75 Å². The van der Waals surface area contributed by atoms with Crippen molar-refractivity contribution in [2.75, 3.05) is 56.2 Å². The van der Waals surface area contributed by atoms with Crippen LogP contribution in [0.15, 0.2) is 48.5 Å². The first kappa shape index (κ1) is 21.9. The molecule has 0 radical (unpaired) electrons. The molecule has 0 spiro atoms. The summed E-state index contributed by atoms with van der Waals surface area (Å²) in [5.74, 6) is -0.581. The van der Waals surface area contributed by atoms with Crippen LogP contribution >= 0.6 is 11.6 Å². The van der Waals surface area contributed by atoms with Crippen LogP contribution in [0.1, 0.15) is 6.92 Å². The third-order valence-corrected chi connectivity index (χ3v) is 5.09. The molecule has 0 aliphatic carbocycles. The number of hydrogen-bond donors (Lipinski definition) is 1.